The number of hydrogen-bond donors (Lipinski definition) is 0. The van der Waals surface area contributed by atoms with E-state index < -0.39 is 0 Å². The summed E-state index contributed by atoms with van der Waals surface area (Å²) in [6, 6.07) is 7.30. The second-order valence-electron chi connectivity index (χ2n) is 4.14. The molecule has 0 aliphatic carbocycles. The zero-order chi connectivity index (χ0) is 13.0. The average Bonchev–Trinajstić information content (AvgIpc) is 2.75. The van der Waals surface area contributed by atoms with Crippen LogP contribution in [0.15, 0.2) is 43.0 Å². The topological polar surface area (TPSA) is 35.1 Å². The first-order chi connectivity index (χ1) is 8.69. The number of carbonyl (C=O) groups is 1. The van der Waals surface area contributed by atoms with Gasteiger partial charge in [0.05, 0.1) is 13.7 Å². The molecule has 0 saturated heterocycles. The summed E-state index contributed by atoms with van der Waals surface area (Å²) in [6.45, 7) is 2.87. The molecule has 0 saturated carbocycles. The van der Waals surface area contributed by atoms with Crippen LogP contribution < -0.4 is 9.30 Å². The molecule has 0 bridgehead atoms. The fourth-order valence-corrected chi connectivity index (χ4v) is 1.78. The van der Waals surface area contributed by atoms with Crippen molar-refractivity contribution in [3.8, 4) is 5.75 Å². The highest BCUT2D eigenvalue weighted by Crippen LogP contribution is 2.14. The molecule has 4 nitrogen and oxygen atoms in total. The Kier molecular flexibility index (Phi) is 3.77. The summed E-state index contributed by atoms with van der Waals surface area (Å²) >= 11 is 0. The zero-order valence-electron chi connectivity index (χ0n) is 10.7. The van der Waals surface area contributed by atoms with Crippen LogP contribution in [-0.4, -0.2) is 17.0 Å². The molecule has 0 amide bonds. The molecule has 1 aromatic carbocycles. The van der Waals surface area contributed by atoms with Crippen molar-refractivity contribution in [2.45, 2.75) is 13.5 Å². The Bertz CT molecular complexity index is 546. The molecular weight excluding hydrogens is 228 g/mol. The molecule has 0 atom stereocenters. The van der Waals surface area contributed by atoms with Gasteiger partial charge in [0, 0.05) is 5.56 Å². The van der Waals surface area contributed by atoms with Gasteiger partial charge in [-0.1, -0.05) is 12.1 Å². The second kappa shape index (κ2) is 5.49. The number of nitrogens with zero attached hydrogens (tertiary/aromatic N) is 2. The summed E-state index contributed by atoms with van der Waals surface area (Å²) in [7, 11) is 1.93. The summed E-state index contributed by atoms with van der Waals surface area (Å²) in [5.74, 6) is 0.814. The first kappa shape index (κ1) is 12.4. The molecule has 2 rings (SSSR count). The highest BCUT2D eigenvalue weighted by atomic mass is 16.5. The summed E-state index contributed by atoms with van der Waals surface area (Å²) < 4.78 is 9.15. The summed E-state index contributed by atoms with van der Waals surface area (Å²) in [5.41, 5.74) is 0.678. The second-order valence-corrected chi connectivity index (χ2v) is 4.14. The van der Waals surface area contributed by atoms with Crippen molar-refractivity contribution in [2.24, 2.45) is 7.05 Å². The Balaban J connectivity index is 2.11. The standard InChI is InChI=1S/C14H17N2O2/c1-3-18-13-6-4-5-12(9-13)14(17)10-16-8-7-15(2)11-16/h4-9,11H,3,10H2,1-2H3/q+1. The van der Waals surface area contributed by atoms with Gasteiger partial charge in [-0.15, -0.1) is 0 Å². The van der Waals surface area contributed by atoms with Crippen LogP contribution in [0.3, 0.4) is 0 Å². The highest BCUT2D eigenvalue weighted by molar-refractivity contribution is 5.96. The highest BCUT2D eigenvalue weighted by Gasteiger charge is 2.11. The van der Waals surface area contributed by atoms with E-state index in [1.807, 2.05) is 60.0 Å². The molecule has 18 heavy (non-hydrogen) atoms. The zero-order valence-corrected chi connectivity index (χ0v) is 10.7. The SMILES string of the molecule is CCOc1cccc(C(=O)Cn2cc[n+](C)c2)c1. The molecule has 0 spiro atoms. The maximum absolute atomic E-state index is 12.1. The van der Waals surface area contributed by atoms with E-state index in [9.17, 15) is 4.79 Å². The van der Waals surface area contributed by atoms with Gasteiger partial charge in [-0.2, -0.15) is 0 Å². The van der Waals surface area contributed by atoms with Crippen molar-refractivity contribution in [1.29, 1.82) is 0 Å². The number of carbonyl (C=O) groups excluding carboxylic acids is 1. The van der Waals surface area contributed by atoms with Crippen LogP contribution in [-0.2, 0) is 13.6 Å². The predicted octanol–water partition coefficient (Wildman–Crippen LogP) is 1.59. The van der Waals surface area contributed by atoms with Crippen LogP contribution >= 0.6 is 0 Å². The molecule has 1 aromatic heterocycles. The minimum Gasteiger partial charge on any atom is -0.494 e. The lowest BCUT2D eigenvalue weighted by Crippen LogP contribution is -2.24. The van der Waals surface area contributed by atoms with Crippen molar-refractivity contribution in [3.05, 3.63) is 48.5 Å². The lowest BCUT2D eigenvalue weighted by atomic mass is 10.1. The summed E-state index contributed by atoms with van der Waals surface area (Å²) in [4.78, 5) is 12.1. The summed E-state index contributed by atoms with van der Waals surface area (Å²) in [5, 5.41) is 0. The van der Waals surface area contributed by atoms with Crippen LogP contribution in [0.5, 0.6) is 5.75 Å². The Hall–Kier alpha value is -2.10. The molecule has 2 aromatic rings. The quantitative estimate of drug-likeness (QED) is 0.592. The minimum absolute atomic E-state index is 0.0766. The number of aromatic nitrogens is 2. The van der Waals surface area contributed by atoms with Crippen molar-refractivity contribution in [3.63, 3.8) is 0 Å². The van der Waals surface area contributed by atoms with Gasteiger partial charge in [0.25, 0.3) is 0 Å². The lowest BCUT2D eigenvalue weighted by molar-refractivity contribution is -0.671. The van der Waals surface area contributed by atoms with Gasteiger partial charge in [-0.25, -0.2) is 9.13 Å². The molecule has 1 heterocycles. The van der Waals surface area contributed by atoms with E-state index in [4.69, 9.17) is 4.74 Å². The molecule has 0 aliphatic rings. The van der Waals surface area contributed by atoms with Gasteiger partial charge in [0.2, 0.25) is 12.1 Å². The van der Waals surface area contributed by atoms with Gasteiger partial charge < -0.3 is 4.74 Å². The largest absolute Gasteiger partial charge is 0.494 e. The maximum atomic E-state index is 12.1. The van der Waals surface area contributed by atoms with E-state index in [0.29, 0.717) is 18.7 Å². The number of rotatable bonds is 5. The van der Waals surface area contributed by atoms with E-state index in [-0.39, 0.29) is 5.78 Å². The lowest BCUT2D eigenvalue weighted by Gasteiger charge is -2.04. The molecule has 0 unspecified atom stereocenters. The predicted molar refractivity (Wildman–Crippen MR) is 67.5 cm³/mol. The fraction of sp³-hybridized carbons (Fsp3) is 0.286. The molecule has 0 aliphatic heterocycles. The third-order valence-corrected chi connectivity index (χ3v) is 2.62. The smallest absolute Gasteiger partial charge is 0.243 e. The summed E-state index contributed by atoms with van der Waals surface area (Å²) in [6.07, 6.45) is 5.67. The molecular formula is C14H17N2O2+. The molecule has 4 heteroatoms. The number of imidazole rings is 1. The van der Waals surface area contributed by atoms with Crippen LogP contribution in [0.1, 0.15) is 17.3 Å². The number of ketones is 1. The van der Waals surface area contributed by atoms with Crippen molar-refractivity contribution in [1.82, 2.24) is 4.57 Å². The minimum atomic E-state index is 0.0766. The van der Waals surface area contributed by atoms with Gasteiger partial charge in [0.15, 0.2) is 6.54 Å². The maximum Gasteiger partial charge on any atom is 0.243 e. The normalized spacial score (nSPS) is 10.3. The third-order valence-electron chi connectivity index (χ3n) is 2.62. The Morgan fingerprint density at radius 3 is 2.94 bits per heavy atom. The Labute approximate surface area is 106 Å². The van der Waals surface area contributed by atoms with Gasteiger partial charge in [-0.05, 0) is 19.1 Å². The van der Waals surface area contributed by atoms with Crippen LogP contribution in [0.4, 0.5) is 0 Å². The van der Waals surface area contributed by atoms with Crippen LogP contribution in [0.2, 0.25) is 0 Å². The molecule has 94 valence electrons. The van der Waals surface area contributed by atoms with Crippen molar-refractivity contribution < 1.29 is 14.1 Å². The number of ether oxygens (including phenoxy) is 1. The number of hydrogen-bond acceptors (Lipinski definition) is 2. The first-order valence-electron chi connectivity index (χ1n) is 5.96. The van der Waals surface area contributed by atoms with Crippen LogP contribution in [0, 0.1) is 0 Å². The average molecular weight is 245 g/mol. The van der Waals surface area contributed by atoms with Gasteiger partial charge in [0.1, 0.15) is 18.1 Å². The monoisotopic (exact) mass is 245 g/mol. The van der Waals surface area contributed by atoms with E-state index in [2.05, 4.69) is 0 Å². The van der Waals surface area contributed by atoms with E-state index in [1.54, 1.807) is 6.07 Å². The van der Waals surface area contributed by atoms with Gasteiger partial charge in [-0.3, -0.25) is 4.79 Å². The van der Waals surface area contributed by atoms with Gasteiger partial charge >= 0.3 is 0 Å². The van der Waals surface area contributed by atoms with Crippen molar-refractivity contribution in [2.75, 3.05) is 6.61 Å². The van der Waals surface area contributed by atoms with E-state index in [0.717, 1.165) is 5.75 Å². The third kappa shape index (κ3) is 2.97. The number of Topliss-reactive ketones (excluding diaryl/α,β-unsaturated/α-hetero) is 1. The van der Waals surface area contributed by atoms with Crippen molar-refractivity contribution >= 4 is 5.78 Å². The fourth-order valence-electron chi connectivity index (χ4n) is 1.78. The molecule has 0 N–H and O–H groups in total. The Morgan fingerprint density at radius 1 is 1.44 bits per heavy atom. The van der Waals surface area contributed by atoms with Crippen LogP contribution in [0.25, 0.3) is 0 Å². The number of benzene rings is 1. The van der Waals surface area contributed by atoms with E-state index >= 15 is 0 Å². The number of aryl methyl sites for hydroxylation is 1. The Morgan fingerprint density at radius 2 is 2.28 bits per heavy atom. The molecule has 0 fully saturated rings. The molecule has 0 radical (unpaired) electrons. The van der Waals surface area contributed by atoms with E-state index in [1.165, 1.54) is 0 Å². The first-order valence-corrected chi connectivity index (χ1v) is 5.96.